The van der Waals surface area contributed by atoms with E-state index >= 15 is 0 Å². The minimum Gasteiger partial charge on any atom is -0.478 e. The Hall–Kier alpha value is -3.80. The summed E-state index contributed by atoms with van der Waals surface area (Å²) in [5.41, 5.74) is 4.89. The number of urea groups is 1. The Morgan fingerprint density at radius 2 is 1.62 bits per heavy atom. The summed E-state index contributed by atoms with van der Waals surface area (Å²) in [6.45, 7) is 12.1. The number of carbonyl (C=O) groups is 2. The van der Waals surface area contributed by atoms with Crippen molar-refractivity contribution in [2.75, 3.05) is 28.6 Å². The maximum absolute atomic E-state index is 12.9. The largest absolute Gasteiger partial charge is 0.478 e. The molecule has 0 unspecified atom stereocenters. The topological polar surface area (TPSA) is 81.7 Å². The van der Waals surface area contributed by atoms with Gasteiger partial charge >= 0.3 is 12.0 Å². The van der Waals surface area contributed by atoms with Gasteiger partial charge in [0.1, 0.15) is 0 Å². The lowest BCUT2D eigenvalue weighted by atomic mass is 9.95. The number of carbonyl (C=O) groups excluding carboxylic acids is 1. The highest BCUT2D eigenvalue weighted by Gasteiger charge is 2.20. The van der Waals surface area contributed by atoms with Crippen molar-refractivity contribution in [3.63, 3.8) is 0 Å². The monoisotopic (exact) mass is 459 g/mol. The Labute approximate surface area is 201 Å². The smallest absolute Gasteiger partial charge is 0.336 e. The molecule has 0 saturated heterocycles. The minimum absolute atomic E-state index is 0.0476. The summed E-state index contributed by atoms with van der Waals surface area (Å²) >= 11 is 0. The number of aromatic carboxylic acids is 1. The molecule has 0 bridgehead atoms. The number of nitrogens with zero attached hydrogens (tertiary/aromatic N) is 1. The predicted molar refractivity (Wildman–Crippen MR) is 140 cm³/mol. The SMILES string of the molecule is CCN(CC(C)(C)C)c1ccc(-c2ccccc2C(=O)O)cc1NC(=O)Nc1ccc(C)cc1. The summed E-state index contributed by atoms with van der Waals surface area (Å²) in [6, 6.07) is 19.8. The van der Waals surface area contributed by atoms with E-state index in [1.165, 1.54) is 0 Å². The molecule has 0 fully saturated rings. The summed E-state index contributed by atoms with van der Waals surface area (Å²) < 4.78 is 0. The molecule has 2 amide bonds. The molecule has 6 heteroatoms. The Kier molecular flexibility index (Phi) is 7.61. The van der Waals surface area contributed by atoms with E-state index in [1.807, 2.05) is 55.5 Å². The van der Waals surface area contributed by atoms with Crippen molar-refractivity contribution in [3.05, 3.63) is 77.9 Å². The van der Waals surface area contributed by atoms with Crippen LogP contribution in [-0.2, 0) is 0 Å². The Balaban J connectivity index is 2.01. The van der Waals surface area contributed by atoms with Crippen molar-refractivity contribution < 1.29 is 14.7 Å². The summed E-state index contributed by atoms with van der Waals surface area (Å²) in [7, 11) is 0. The first-order valence-electron chi connectivity index (χ1n) is 11.4. The van der Waals surface area contributed by atoms with E-state index in [0.29, 0.717) is 16.9 Å². The molecular weight excluding hydrogens is 426 g/mol. The lowest BCUT2D eigenvalue weighted by Gasteiger charge is -2.32. The number of nitrogens with one attached hydrogen (secondary N) is 2. The van der Waals surface area contributed by atoms with Gasteiger partial charge in [0, 0.05) is 18.8 Å². The molecule has 0 saturated carbocycles. The first kappa shape index (κ1) is 24.8. The standard InChI is InChI=1S/C28H33N3O3/c1-6-31(18-28(3,4)5)25-16-13-20(22-9-7-8-10-23(22)26(32)33)17-24(25)30-27(34)29-21-14-11-19(2)12-15-21/h7-17H,6,18H2,1-5H3,(H,32,33)(H2,29,30,34). The lowest BCUT2D eigenvalue weighted by Crippen LogP contribution is -2.33. The predicted octanol–water partition coefficient (Wildman–Crippen LogP) is 6.88. The summed E-state index contributed by atoms with van der Waals surface area (Å²) in [5.74, 6) is -0.991. The third-order valence-corrected chi connectivity index (χ3v) is 5.41. The number of carboxylic acids is 1. The highest BCUT2D eigenvalue weighted by Crippen LogP contribution is 2.34. The molecule has 3 aromatic carbocycles. The first-order valence-corrected chi connectivity index (χ1v) is 11.4. The van der Waals surface area contributed by atoms with Crippen LogP contribution in [0, 0.1) is 12.3 Å². The van der Waals surface area contributed by atoms with Gasteiger partial charge in [-0.3, -0.25) is 0 Å². The van der Waals surface area contributed by atoms with Crippen molar-refractivity contribution in [1.82, 2.24) is 0 Å². The van der Waals surface area contributed by atoms with Gasteiger partial charge in [0.05, 0.1) is 16.9 Å². The zero-order chi connectivity index (χ0) is 24.9. The van der Waals surface area contributed by atoms with Crippen LogP contribution in [0.1, 0.15) is 43.6 Å². The highest BCUT2D eigenvalue weighted by atomic mass is 16.4. The van der Waals surface area contributed by atoms with Crippen LogP contribution >= 0.6 is 0 Å². The van der Waals surface area contributed by atoms with Gasteiger partial charge in [0.15, 0.2) is 0 Å². The van der Waals surface area contributed by atoms with Crippen molar-refractivity contribution in [3.8, 4) is 11.1 Å². The van der Waals surface area contributed by atoms with Gasteiger partial charge in [-0.15, -0.1) is 0 Å². The van der Waals surface area contributed by atoms with E-state index in [0.717, 1.165) is 29.9 Å². The van der Waals surface area contributed by atoms with Crippen LogP contribution in [0.2, 0.25) is 0 Å². The van der Waals surface area contributed by atoms with Crippen molar-refractivity contribution in [1.29, 1.82) is 0 Å². The number of hydrogen-bond donors (Lipinski definition) is 3. The summed E-state index contributed by atoms with van der Waals surface area (Å²) in [5, 5.41) is 15.5. The second kappa shape index (κ2) is 10.4. The van der Waals surface area contributed by atoms with Crippen molar-refractivity contribution in [2.45, 2.75) is 34.6 Å². The maximum atomic E-state index is 12.9. The van der Waals surface area contributed by atoms with Crippen LogP contribution in [-0.4, -0.2) is 30.2 Å². The number of amides is 2. The Morgan fingerprint density at radius 3 is 2.24 bits per heavy atom. The van der Waals surface area contributed by atoms with Crippen molar-refractivity contribution >= 4 is 29.1 Å². The number of carboxylic acid groups (broad SMARTS) is 1. The van der Waals surface area contributed by atoms with E-state index in [9.17, 15) is 14.7 Å². The molecule has 0 atom stereocenters. The molecule has 3 N–H and O–H groups in total. The molecular formula is C28H33N3O3. The Bertz CT molecular complexity index is 1160. The third-order valence-electron chi connectivity index (χ3n) is 5.41. The van der Waals surface area contributed by atoms with Crippen LogP contribution in [0.4, 0.5) is 21.9 Å². The number of hydrogen-bond acceptors (Lipinski definition) is 3. The van der Waals surface area contributed by atoms with Gasteiger partial charge in [0.25, 0.3) is 0 Å². The van der Waals surface area contributed by atoms with Crippen LogP contribution in [0.25, 0.3) is 11.1 Å². The summed E-state index contributed by atoms with van der Waals surface area (Å²) in [6.07, 6.45) is 0. The minimum atomic E-state index is -0.991. The fourth-order valence-electron chi connectivity index (χ4n) is 3.86. The molecule has 0 radical (unpaired) electrons. The highest BCUT2D eigenvalue weighted by molar-refractivity contribution is 6.03. The van der Waals surface area contributed by atoms with Crippen molar-refractivity contribution in [2.24, 2.45) is 5.41 Å². The van der Waals surface area contributed by atoms with Crippen LogP contribution in [0.5, 0.6) is 0 Å². The number of anilines is 3. The molecule has 6 nitrogen and oxygen atoms in total. The van der Waals surface area contributed by atoms with Gasteiger partial charge in [-0.2, -0.15) is 0 Å². The van der Waals surface area contributed by atoms with Crippen LogP contribution in [0.3, 0.4) is 0 Å². The number of aryl methyl sites for hydroxylation is 1. The lowest BCUT2D eigenvalue weighted by molar-refractivity contribution is 0.0697. The molecule has 178 valence electrons. The second-order valence-corrected chi connectivity index (χ2v) is 9.60. The van der Waals surface area contributed by atoms with Crippen LogP contribution < -0.4 is 15.5 Å². The second-order valence-electron chi connectivity index (χ2n) is 9.60. The van der Waals surface area contributed by atoms with E-state index in [2.05, 4.69) is 43.2 Å². The third kappa shape index (κ3) is 6.38. The molecule has 34 heavy (non-hydrogen) atoms. The molecule has 0 aliphatic carbocycles. The van der Waals surface area contributed by atoms with Crippen LogP contribution in [0.15, 0.2) is 66.7 Å². The number of benzene rings is 3. The average Bonchev–Trinajstić information content (AvgIpc) is 2.78. The van der Waals surface area contributed by atoms with Gasteiger partial charge < -0.3 is 20.6 Å². The van der Waals surface area contributed by atoms with E-state index in [-0.39, 0.29) is 17.0 Å². The normalized spacial score (nSPS) is 11.1. The van der Waals surface area contributed by atoms with Gasteiger partial charge in [0.2, 0.25) is 0 Å². The zero-order valence-corrected chi connectivity index (χ0v) is 20.5. The zero-order valence-electron chi connectivity index (χ0n) is 20.5. The van der Waals surface area contributed by atoms with E-state index in [4.69, 9.17) is 0 Å². The quantitative estimate of drug-likeness (QED) is 0.360. The molecule has 0 heterocycles. The average molecular weight is 460 g/mol. The molecule has 0 aromatic heterocycles. The fraction of sp³-hybridized carbons (Fsp3) is 0.286. The van der Waals surface area contributed by atoms with E-state index < -0.39 is 5.97 Å². The molecule has 0 aliphatic rings. The Morgan fingerprint density at radius 1 is 0.941 bits per heavy atom. The molecule has 0 spiro atoms. The van der Waals surface area contributed by atoms with Gasteiger partial charge in [-0.05, 0) is 60.7 Å². The number of rotatable bonds is 7. The maximum Gasteiger partial charge on any atom is 0.336 e. The van der Waals surface area contributed by atoms with Gasteiger partial charge in [-0.1, -0.05) is 62.7 Å². The molecule has 0 aliphatic heterocycles. The van der Waals surface area contributed by atoms with Gasteiger partial charge in [-0.25, -0.2) is 9.59 Å². The molecule has 3 aromatic rings. The van der Waals surface area contributed by atoms with E-state index in [1.54, 1.807) is 18.2 Å². The molecule has 3 rings (SSSR count). The fourth-order valence-corrected chi connectivity index (χ4v) is 3.86. The first-order chi connectivity index (χ1) is 16.1. The summed E-state index contributed by atoms with van der Waals surface area (Å²) in [4.78, 5) is 26.9.